The summed E-state index contributed by atoms with van der Waals surface area (Å²) in [6.07, 6.45) is 9.15. The van der Waals surface area contributed by atoms with Gasteiger partial charge in [-0.25, -0.2) is 14.5 Å². The highest BCUT2D eigenvalue weighted by atomic mass is 16.5. The average molecular weight is 505 g/mol. The second-order valence-corrected chi connectivity index (χ2v) is 10.4. The highest BCUT2D eigenvalue weighted by Gasteiger charge is 2.36. The molecule has 6 rings (SSSR count). The van der Waals surface area contributed by atoms with E-state index in [0.717, 1.165) is 35.4 Å². The Balaban J connectivity index is 1.12. The first-order valence-electron chi connectivity index (χ1n) is 13.2. The van der Waals surface area contributed by atoms with Crippen molar-refractivity contribution in [1.29, 1.82) is 0 Å². The van der Waals surface area contributed by atoms with E-state index < -0.39 is 0 Å². The molecule has 1 amide bonds. The smallest absolute Gasteiger partial charge is 0.309 e. The zero-order chi connectivity index (χ0) is 25.5. The van der Waals surface area contributed by atoms with Gasteiger partial charge in [-0.15, -0.1) is 0 Å². The monoisotopic (exact) mass is 504 g/mol. The molecule has 5 heterocycles. The Labute approximate surface area is 215 Å². The van der Waals surface area contributed by atoms with Gasteiger partial charge < -0.3 is 19.3 Å². The van der Waals surface area contributed by atoms with Crippen molar-refractivity contribution in [2.75, 3.05) is 24.5 Å². The lowest BCUT2D eigenvalue weighted by Gasteiger charge is -2.32. The van der Waals surface area contributed by atoms with Gasteiger partial charge in [-0.1, -0.05) is 0 Å². The number of nitrogens with zero attached hydrogens (tertiary/aromatic N) is 6. The van der Waals surface area contributed by atoms with Gasteiger partial charge in [0.1, 0.15) is 18.0 Å². The standard InChI is InChI=1S/C27H32N6O4/c1-17(2)32-16-20(14-24(32)34)37-27(35)18-7-11-31(12-8-18)23-9-13-33-25(30-23)22(15-29-33)21-4-3-10-28-26(21)36-19-5-6-19/h3-4,9-10,13,15,17-20H,5-8,11-12,14,16H2,1-2H3/t20-/m0/s1. The molecule has 1 aliphatic carbocycles. The van der Waals surface area contributed by atoms with Crippen molar-refractivity contribution in [3.63, 3.8) is 0 Å². The molecule has 0 spiro atoms. The van der Waals surface area contributed by atoms with E-state index in [1.165, 1.54) is 0 Å². The Hall–Kier alpha value is -3.69. The van der Waals surface area contributed by atoms with E-state index in [-0.39, 0.29) is 42.5 Å². The van der Waals surface area contributed by atoms with Gasteiger partial charge in [-0.2, -0.15) is 5.10 Å². The van der Waals surface area contributed by atoms with Crippen LogP contribution in [-0.4, -0.2) is 74.2 Å². The fraction of sp³-hybridized carbons (Fsp3) is 0.519. The van der Waals surface area contributed by atoms with Gasteiger partial charge in [0.25, 0.3) is 0 Å². The molecular formula is C27H32N6O4. The Morgan fingerprint density at radius 2 is 1.89 bits per heavy atom. The lowest BCUT2D eigenvalue weighted by atomic mass is 9.97. The molecule has 2 saturated heterocycles. The van der Waals surface area contributed by atoms with E-state index >= 15 is 0 Å². The maximum atomic E-state index is 12.8. The van der Waals surface area contributed by atoms with Crippen LogP contribution in [0.1, 0.15) is 46.0 Å². The van der Waals surface area contributed by atoms with Crippen molar-refractivity contribution in [3.05, 3.63) is 36.8 Å². The molecule has 3 aromatic heterocycles. The summed E-state index contributed by atoms with van der Waals surface area (Å²) >= 11 is 0. The topological polar surface area (TPSA) is 102 Å². The van der Waals surface area contributed by atoms with Crippen molar-refractivity contribution in [2.24, 2.45) is 5.92 Å². The third-order valence-corrected chi connectivity index (χ3v) is 7.40. The summed E-state index contributed by atoms with van der Waals surface area (Å²) in [4.78, 5) is 38.3. The number of hydrogen-bond donors (Lipinski definition) is 0. The molecule has 0 aromatic carbocycles. The van der Waals surface area contributed by atoms with Gasteiger partial charge >= 0.3 is 5.97 Å². The van der Waals surface area contributed by atoms with Gasteiger partial charge in [0.05, 0.1) is 30.6 Å². The summed E-state index contributed by atoms with van der Waals surface area (Å²) in [7, 11) is 0. The van der Waals surface area contributed by atoms with Crippen LogP contribution in [0.5, 0.6) is 5.88 Å². The minimum atomic E-state index is -0.342. The second kappa shape index (κ2) is 9.64. The van der Waals surface area contributed by atoms with Gasteiger partial charge in [-0.05, 0) is 57.7 Å². The van der Waals surface area contributed by atoms with Crippen LogP contribution < -0.4 is 9.64 Å². The summed E-state index contributed by atoms with van der Waals surface area (Å²) in [6, 6.07) is 5.97. The molecule has 0 unspecified atom stereocenters. The van der Waals surface area contributed by atoms with Crippen LogP contribution in [-0.2, 0) is 14.3 Å². The summed E-state index contributed by atoms with van der Waals surface area (Å²) in [5, 5.41) is 4.49. The van der Waals surface area contributed by atoms with Crippen LogP contribution in [0.15, 0.2) is 36.8 Å². The number of aromatic nitrogens is 4. The van der Waals surface area contributed by atoms with Crippen LogP contribution in [0.4, 0.5) is 5.82 Å². The van der Waals surface area contributed by atoms with E-state index in [2.05, 4.69) is 15.0 Å². The number of amides is 1. The normalized spacial score (nSPS) is 20.7. The van der Waals surface area contributed by atoms with Crippen molar-refractivity contribution >= 4 is 23.3 Å². The lowest BCUT2D eigenvalue weighted by Crippen LogP contribution is -2.38. The van der Waals surface area contributed by atoms with Gasteiger partial charge in [0.15, 0.2) is 5.65 Å². The van der Waals surface area contributed by atoms with Crippen LogP contribution in [0.2, 0.25) is 0 Å². The number of likely N-dealkylation sites (tertiary alicyclic amines) is 1. The summed E-state index contributed by atoms with van der Waals surface area (Å²) < 4.78 is 13.5. The number of hydrogen-bond acceptors (Lipinski definition) is 8. The number of ether oxygens (including phenoxy) is 2. The second-order valence-electron chi connectivity index (χ2n) is 10.4. The van der Waals surface area contributed by atoms with Gasteiger partial charge in [0, 0.05) is 37.1 Å². The molecule has 0 bridgehead atoms. The summed E-state index contributed by atoms with van der Waals surface area (Å²) in [5.74, 6) is 1.17. The Morgan fingerprint density at radius 3 is 2.62 bits per heavy atom. The zero-order valence-electron chi connectivity index (χ0n) is 21.2. The predicted octanol–water partition coefficient (Wildman–Crippen LogP) is 3.10. The highest BCUT2D eigenvalue weighted by Crippen LogP contribution is 2.35. The van der Waals surface area contributed by atoms with Crippen LogP contribution in [0, 0.1) is 5.92 Å². The molecular weight excluding hydrogens is 472 g/mol. The number of pyridine rings is 1. The number of esters is 1. The predicted molar refractivity (Wildman–Crippen MR) is 136 cm³/mol. The van der Waals surface area contributed by atoms with E-state index in [4.69, 9.17) is 14.5 Å². The van der Waals surface area contributed by atoms with Crippen molar-refractivity contribution < 1.29 is 19.1 Å². The SMILES string of the molecule is CC(C)N1C[C@@H](OC(=O)C2CCN(c3ccn4ncc(-c5cccnc5OC5CC5)c4n3)CC2)CC1=O. The zero-order valence-corrected chi connectivity index (χ0v) is 21.2. The maximum absolute atomic E-state index is 12.8. The molecule has 1 saturated carbocycles. The fourth-order valence-electron chi connectivity index (χ4n) is 5.14. The first kappa shape index (κ1) is 23.7. The molecule has 0 N–H and O–H groups in total. The molecule has 10 nitrogen and oxygen atoms in total. The van der Waals surface area contributed by atoms with E-state index in [0.29, 0.717) is 38.4 Å². The molecule has 3 fully saturated rings. The number of anilines is 1. The molecule has 10 heteroatoms. The van der Waals surface area contributed by atoms with Crippen LogP contribution in [0.3, 0.4) is 0 Å². The third-order valence-electron chi connectivity index (χ3n) is 7.40. The minimum Gasteiger partial charge on any atom is -0.474 e. The molecule has 194 valence electrons. The number of carbonyl (C=O) groups excluding carboxylic acids is 2. The molecule has 3 aliphatic rings. The Morgan fingerprint density at radius 1 is 1.08 bits per heavy atom. The Bertz CT molecular complexity index is 1310. The van der Waals surface area contributed by atoms with Gasteiger partial charge in [0.2, 0.25) is 11.8 Å². The minimum absolute atomic E-state index is 0.0563. The van der Waals surface area contributed by atoms with E-state index in [1.54, 1.807) is 21.8 Å². The molecule has 0 radical (unpaired) electrons. The van der Waals surface area contributed by atoms with E-state index in [1.807, 2.05) is 38.2 Å². The highest BCUT2D eigenvalue weighted by molar-refractivity contribution is 5.81. The first-order valence-corrected chi connectivity index (χ1v) is 13.2. The van der Waals surface area contributed by atoms with Crippen LogP contribution in [0.25, 0.3) is 16.8 Å². The summed E-state index contributed by atoms with van der Waals surface area (Å²) in [5.41, 5.74) is 2.51. The largest absolute Gasteiger partial charge is 0.474 e. The number of fused-ring (bicyclic) bond motifs is 1. The quantitative estimate of drug-likeness (QED) is 0.453. The lowest BCUT2D eigenvalue weighted by molar-refractivity contribution is -0.154. The molecule has 3 aromatic rings. The van der Waals surface area contributed by atoms with Gasteiger partial charge in [-0.3, -0.25) is 9.59 Å². The third kappa shape index (κ3) is 4.84. The van der Waals surface area contributed by atoms with Crippen molar-refractivity contribution in [3.8, 4) is 17.0 Å². The number of carbonyl (C=O) groups is 2. The summed E-state index contributed by atoms with van der Waals surface area (Å²) in [6.45, 7) is 5.86. The first-order chi connectivity index (χ1) is 18.0. The Kier molecular flexibility index (Phi) is 6.18. The number of piperidine rings is 1. The average Bonchev–Trinajstić information content (AvgIpc) is 3.49. The van der Waals surface area contributed by atoms with E-state index in [9.17, 15) is 9.59 Å². The van der Waals surface area contributed by atoms with Crippen molar-refractivity contribution in [1.82, 2.24) is 24.5 Å². The molecule has 37 heavy (non-hydrogen) atoms. The van der Waals surface area contributed by atoms with Crippen molar-refractivity contribution in [2.45, 2.75) is 64.2 Å². The fourth-order valence-corrected chi connectivity index (χ4v) is 5.14. The molecule has 2 aliphatic heterocycles. The maximum Gasteiger partial charge on any atom is 0.309 e. The molecule has 1 atom stereocenters. The van der Waals surface area contributed by atoms with Crippen LogP contribution >= 0.6 is 0 Å². The number of rotatable bonds is 7.